The average Bonchev–Trinajstić information content (AvgIpc) is 2.10. The highest BCUT2D eigenvalue weighted by molar-refractivity contribution is 4.53. The van der Waals surface area contributed by atoms with Crippen LogP contribution in [-0.4, -0.2) is 31.6 Å². The summed E-state index contributed by atoms with van der Waals surface area (Å²) in [5.74, 6) is 0. The molecule has 0 aliphatic carbocycles. The molecule has 0 rings (SSSR count). The van der Waals surface area contributed by atoms with Gasteiger partial charge < -0.3 is 10.6 Å². The summed E-state index contributed by atoms with van der Waals surface area (Å²) in [6.07, 6.45) is 3.88. The van der Waals surface area contributed by atoms with Crippen LogP contribution in [0.2, 0.25) is 0 Å². The second-order valence-corrected chi connectivity index (χ2v) is 2.84. The molecule has 2 N–H and O–H groups in total. The fourth-order valence-corrected chi connectivity index (χ4v) is 1.28. The van der Waals surface area contributed by atoms with Crippen molar-refractivity contribution in [2.45, 2.75) is 40.0 Å². The minimum absolute atomic E-state index is 1.28. The zero-order valence-corrected chi connectivity index (χ0v) is 9.27. The summed E-state index contributed by atoms with van der Waals surface area (Å²) in [4.78, 5) is 2.54. The third kappa shape index (κ3) is 9.92. The number of hydrogen-bond acceptors (Lipinski definition) is 2. The first-order chi connectivity index (χ1) is 5.85. The van der Waals surface area contributed by atoms with Gasteiger partial charge in [-0.05, 0) is 45.9 Å². The fraction of sp³-hybridized carbons (Fsp3) is 1.00. The minimum Gasteiger partial charge on any atom is -0.333 e. The molecule has 0 heterocycles. The van der Waals surface area contributed by atoms with Gasteiger partial charge in [0.15, 0.2) is 0 Å². The van der Waals surface area contributed by atoms with Gasteiger partial charge in [-0.25, -0.2) is 0 Å². The molecule has 0 amide bonds. The molecule has 0 radical (unpaired) electrons. The lowest BCUT2D eigenvalue weighted by Crippen LogP contribution is -2.25. The zero-order chi connectivity index (χ0) is 9.82. The molecule has 0 aliphatic rings. The van der Waals surface area contributed by atoms with Crippen LogP contribution in [0.1, 0.15) is 40.0 Å². The smallest absolute Gasteiger partial charge is 0.00214 e. The zero-order valence-electron chi connectivity index (χ0n) is 9.27. The molecule has 0 aliphatic heterocycles. The summed E-state index contributed by atoms with van der Waals surface area (Å²) < 4.78 is 0. The van der Waals surface area contributed by atoms with Crippen molar-refractivity contribution in [3.05, 3.63) is 0 Å². The molecule has 0 aromatic carbocycles. The van der Waals surface area contributed by atoms with E-state index in [1.54, 1.807) is 0 Å². The Morgan fingerprint density at radius 2 is 1.00 bits per heavy atom. The van der Waals surface area contributed by atoms with E-state index in [0.29, 0.717) is 0 Å². The molecule has 0 unspecified atom stereocenters. The third-order valence-corrected chi connectivity index (χ3v) is 1.62. The molecule has 2 heteroatoms. The van der Waals surface area contributed by atoms with E-state index in [1.165, 1.54) is 45.9 Å². The van der Waals surface area contributed by atoms with Gasteiger partial charge in [0, 0.05) is 0 Å². The maximum atomic E-state index is 4.50. The van der Waals surface area contributed by atoms with Gasteiger partial charge in [-0.15, -0.1) is 0 Å². The van der Waals surface area contributed by atoms with Gasteiger partial charge in [0.05, 0.1) is 0 Å². The lowest BCUT2D eigenvalue weighted by molar-refractivity contribution is 0.275. The van der Waals surface area contributed by atoms with E-state index in [-0.39, 0.29) is 0 Å². The van der Waals surface area contributed by atoms with E-state index in [0.717, 1.165) is 0 Å². The van der Waals surface area contributed by atoms with Crippen molar-refractivity contribution in [1.82, 2.24) is 4.90 Å². The van der Waals surface area contributed by atoms with Crippen molar-refractivity contribution >= 4 is 0 Å². The summed E-state index contributed by atoms with van der Waals surface area (Å²) in [6, 6.07) is 0. The first-order valence-corrected chi connectivity index (χ1v) is 5.15. The SMILES string of the molecule is CCCN(CCC)CCC.CN. The summed E-state index contributed by atoms with van der Waals surface area (Å²) in [5.41, 5.74) is 4.50. The molecule has 0 aromatic rings. The lowest BCUT2D eigenvalue weighted by atomic mass is 10.3. The largest absolute Gasteiger partial charge is 0.333 e. The molecule has 12 heavy (non-hydrogen) atoms. The number of rotatable bonds is 6. The van der Waals surface area contributed by atoms with Crippen molar-refractivity contribution in [2.75, 3.05) is 26.7 Å². The van der Waals surface area contributed by atoms with Crippen molar-refractivity contribution in [3.63, 3.8) is 0 Å². The predicted molar refractivity (Wildman–Crippen MR) is 57.4 cm³/mol. The molecule has 0 fully saturated rings. The molecule has 0 bridgehead atoms. The van der Waals surface area contributed by atoms with Crippen molar-refractivity contribution in [1.29, 1.82) is 0 Å². The van der Waals surface area contributed by atoms with E-state index in [4.69, 9.17) is 0 Å². The highest BCUT2D eigenvalue weighted by atomic mass is 15.1. The van der Waals surface area contributed by atoms with E-state index >= 15 is 0 Å². The number of nitrogens with two attached hydrogens (primary N) is 1. The minimum atomic E-state index is 1.28. The van der Waals surface area contributed by atoms with Crippen LogP contribution in [0.25, 0.3) is 0 Å². The van der Waals surface area contributed by atoms with E-state index in [9.17, 15) is 0 Å². The van der Waals surface area contributed by atoms with E-state index < -0.39 is 0 Å². The van der Waals surface area contributed by atoms with Crippen LogP contribution in [0.4, 0.5) is 0 Å². The van der Waals surface area contributed by atoms with Gasteiger partial charge in [-0.1, -0.05) is 20.8 Å². The van der Waals surface area contributed by atoms with Crippen molar-refractivity contribution in [3.8, 4) is 0 Å². The summed E-state index contributed by atoms with van der Waals surface area (Å²) in [6.45, 7) is 10.6. The molecule has 76 valence electrons. The fourth-order valence-electron chi connectivity index (χ4n) is 1.28. The van der Waals surface area contributed by atoms with Crippen LogP contribution < -0.4 is 5.73 Å². The highest BCUT2D eigenvalue weighted by Crippen LogP contribution is 1.94. The first kappa shape index (κ1) is 14.4. The monoisotopic (exact) mass is 174 g/mol. The maximum absolute atomic E-state index is 4.50. The number of hydrogen-bond donors (Lipinski definition) is 1. The Morgan fingerprint density at radius 1 is 0.750 bits per heavy atom. The van der Waals surface area contributed by atoms with Crippen molar-refractivity contribution in [2.24, 2.45) is 5.73 Å². The van der Waals surface area contributed by atoms with Gasteiger partial charge in [0.1, 0.15) is 0 Å². The van der Waals surface area contributed by atoms with Gasteiger partial charge in [-0.3, -0.25) is 0 Å². The molecule has 0 aromatic heterocycles. The van der Waals surface area contributed by atoms with Gasteiger partial charge in [0.2, 0.25) is 0 Å². The Bertz CT molecular complexity index is 50.6. The molecule has 0 saturated carbocycles. The van der Waals surface area contributed by atoms with Crippen LogP contribution in [0.15, 0.2) is 0 Å². The standard InChI is InChI=1S/C9H21N.CH5N/c1-4-7-10(8-5-2)9-6-3;1-2/h4-9H2,1-3H3;2H2,1H3. The Kier molecular flexibility index (Phi) is 16.3. The van der Waals surface area contributed by atoms with Crippen LogP contribution in [0.3, 0.4) is 0 Å². The van der Waals surface area contributed by atoms with Gasteiger partial charge in [-0.2, -0.15) is 0 Å². The van der Waals surface area contributed by atoms with Gasteiger partial charge >= 0.3 is 0 Å². The molecule has 0 saturated heterocycles. The molecule has 0 atom stereocenters. The number of nitrogens with zero attached hydrogens (tertiary/aromatic N) is 1. The first-order valence-electron chi connectivity index (χ1n) is 5.15. The highest BCUT2D eigenvalue weighted by Gasteiger charge is 1.98. The third-order valence-electron chi connectivity index (χ3n) is 1.62. The Balaban J connectivity index is 0. The normalized spacial score (nSPS) is 9.50. The Morgan fingerprint density at radius 3 is 1.17 bits per heavy atom. The van der Waals surface area contributed by atoms with Gasteiger partial charge in [0.25, 0.3) is 0 Å². The van der Waals surface area contributed by atoms with E-state index in [2.05, 4.69) is 31.4 Å². The average molecular weight is 174 g/mol. The molecule has 2 nitrogen and oxygen atoms in total. The summed E-state index contributed by atoms with van der Waals surface area (Å²) in [5, 5.41) is 0. The second kappa shape index (κ2) is 13.5. The second-order valence-electron chi connectivity index (χ2n) is 2.84. The maximum Gasteiger partial charge on any atom is -0.00214 e. The lowest BCUT2D eigenvalue weighted by Gasteiger charge is -2.19. The van der Waals surface area contributed by atoms with Crippen molar-refractivity contribution < 1.29 is 0 Å². The Hall–Kier alpha value is -0.0800. The molecular formula is C10H26N2. The summed E-state index contributed by atoms with van der Waals surface area (Å²) in [7, 11) is 1.50. The molecular weight excluding hydrogens is 148 g/mol. The predicted octanol–water partition coefficient (Wildman–Crippen LogP) is 2.09. The summed E-state index contributed by atoms with van der Waals surface area (Å²) >= 11 is 0. The topological polar surface area (TPSA) is 29.3 Å². The Labute approximate surface area is 78.1 Å². The van der Waals surface area contributed by atoms with Crippen LogP contribution in [0.5, 0.6) is 0 Å². The quantitative estimate of drug-likeness (QED) is 0.668. The van der Waals surface area contributed by atoms with E-state index in [1.807, 2.05) is 0 Å². The van der Waals surface area contributed by atoms with Crippen LogP contribution in [0, 0.1) is 0 Å². The van der Waals surface area contributed by atoms with Crippen LogP contribution in [-0.2, 0) is 0 Å². The van der Waals surface area contributed by atoms with Crippen LogP contribution >= 0.6 is 0 Å². The molecule has 0 spiro atoms.